The fourth-order valence-electron chi connectivity index (χ4n) is 3.77. The van der Waals surface area contributed by atoms with Gasteiger partial charge in [-0.1, -0.05) is 66.3 Å². The van der Waals surface area contributed by atoms with Crippen molar-refractivity contribution in [3.63, 3.8) is 0 Å². The van der Waals surface area contributed by atoms with Crippen molar-refractivity contribution in [2.24, 2.45) is 0 Å². The van der Waals surface area contributed by atoms with E-state index in [2.05, 4.69) is 24.3 Å². The van der Waals surface area contributed by atoms with Gasteiger partial charge in [0.2, 0.25) is 0 Å². The van der Waals surface area contributed by atoms with Crippen LogP contribution in [-0.4, -0.2) is 17.9 Å². The zero-order valence-corrected chi connectivity index (χ0v) is 17.2. The van der Waals surface area contributed by atoms with Crippen molar-refractivity contribution in [1.82, 2.24) is 0 Å². The van der Waals surface area contributed by atoms with Gasteiger partial charge in [0.05, 0.1) is 5.56 Å². The maximum absolute atomic E-state index is 13.1. The molecule has 0 aromatic heterocycles. The summed E-state index contributed by atoms with van der Waals surface area (Å²) in [7, 11) is 0. The van der Waals surface area contributed by atoms with E-state index in [4.69, 9.17) is 4.74 Å². The molecule has 3 rings (SSSR count). The molecule has 2 aromatic carbocycles. The molecular weight excluding hydrogens is 360 g/mol. The van der Waals surface area contributed by atoms with E-state index in [1.54, 1.807) is 6.08 Å². The molecule has 1 atom stereocenters. The van der Waals surface area contributed by atoms with Crippen molar-refractivity contribution in [2.75, 3.05) is 0 Å². The van der Waals surface area contributed by atoms with Gasteiger partial charge in [-0.25, -0.2) is 4.79 Å². The van der Waals surface area contributed by atoms with Crippen molar-refractivity contribution < 1.29 is 14.3 Å². The van der Waals surface area contributed by atoms with Gasteiger partial charge in [-0.2, -0.15) is 0 Å². The average molecular weight is 389 g/mol. The first-order chi connectivity index (χ1) is 14.0. The number of aryl methyl sites for hydroxylation is 2. The number of esters is 1. The highest BCUT2D eigenvalue weighted by Gasteiger charge is 2.22. The van der Waals surface area contributed by atoms with E-state index >= 15 is 0 Å². The number of rotatable bonds is 2. The summed E-state index contributed by atoms with van der Waals surface area (Å²) in [5.41, 5.74) is 4.29. The van der Waals surface area contributed by atoms with E-state index in [1.165, 1.54) is 0 Å². The lowest BCUT2D eigenvalue weighted by atomic mass is 9.95. The number of carbonyl (C=O) groups excluding carboxylic acids is 2. The minimum atomic E-state index is -0.347. The number of ether oxygens (including phenoxy) is 1. The maximum atomic E-state index is 13.1. The topological polar surface area (TPSA) is 43.4 Å². The van der Waals surface area contributed by atoms with Crippen LogP contribution in [0.2, 0.25) is 0 Å². The highest BCUT2D eigenvalue weighted by Crippen LogP contribution is 2.22. The lowest BCUT2D eigenvalue weighted by Crippen LogP contribution is -2.22. The minimum absolute atomic E-state index is 0.00549. The van der Waals surface area contributed by atoms with Crippen molar-refractivity contribution in [2.45, 2.75) is 52.1 Å². The molecule has 0 saturated carbocycles. The number of hydrogen-bond donors (Lipinski definition) is 0. The summed E-state index contributed by atoms with van der Waals surface area (Å²) in [6.45, 7) is 3.88. The van der Waals surface area contributed by atoms with Gasteiger partial charge in [0.1, 0.15) is 6.10 Å². The number of benzene rings is 2. The van der Waals surface area contributed by atoms with Crippen LogP contribution in [-0.2, 0) is 22.4 Å². The zero-order valence-electron chi connectivity index (χ0n) is 17.2. The van der Waals surface area contributed by atoms with Crippen LogP contribution in [0.15, 0.2) is 66.8 Å². The summed E-state index contributed by atoms with van der Waals surface area (Å²) in [5.74, 6) is -0.341. The molecule has 0 unspecified atom stereocenters. The predicted molar refractivity (Wildman–Crippen MR) is 116 cm³/mol. The number of hydrogen-bond acceptors (Lipinski definition) is 3. The third-order valence-electron chi connectivity index (χ3n) is 5.08. The fraction of sp³-hybridized carbons (Fsp3) is 0.308. The van der Waals surface area contributed by atoms with Gasteiger partial charge in [0, 0.05) is 19.3 Å². The van der Waals surface area contributed by atoms with E-state index in [0.717, 1.165) is 35.1 Å². The molecular formula is C26H28O3. The Morgan fingerprint density at radius 3 is 2.52 bits per heavy atom. The molecule has 0 radical (unpaired) electrons. The third-order valence-corrected chi connectivity index (χ3v) is 5.08. The molecule has 0 N–H and O–H groups in total. The van der Waals surface area contributed by atoms with Crippen LogP contribution in [0.5, 0.6) is 0 Å². The average Bonchev–Trinajstić information content (AvgIpc) is 2.66. The smallest absolute Gasteiger partial charge is 0.338 e. The lowest BCUT2D eigenvalue weighted by molar-refractivity contribution is -0.114. The van der Waals surface area contributed by atoms with Crippen molar-refractivity contribution >= 4 is 11.8 Å². The summed E-state index contributed by atoms with van der Waals surface area (Å²) in [6, 6.07) is 14.0. The van der Waals surface area contributed by atoms with Gasteiger partial charge in [-0.05, 0) is 49.5 Å². The highest BCUT2D eigenvalue weighted by atomic mass is 16.5. The Kier molecular flexibility index (Phi) is 7.18. The first-order valence-electron chi connectivity index (χ1n) is 10.2. The van der Waals surface area contributed by atoms with Crippen LogP contribution >= 0.6 is 0 Å². The molecule has 29 heavy (non-hydrogen) atoms. The highest BCUT2D eigenvalue weighted by molar-refractivity contribution is 5.97. The third kappa shape index (κ3) is 6.02. The van der Waals surface area contributed by atoms with Gasteiger partial charge >= 0.3 is 5.97 Å². The second-order valence-electron chi connectivity index (χ2n) is 7.66. The molecule has 150 valence electrons. The van der Waals surface area contributed by atoms with Gasteiger partial charge in [-0.15, -0.1) is 0 Å². The molecule has 0 bridgehead atoms. The second-order valence-corrected chi connectivity index (χ2v) is 7.66. The minimum Gasteiger partial charge on any atom is -0.458 e. The zero-order chi connectivity index (χ0) is 20.6. The quantitative estimate of drug-likeness (QED) is 0.505. The summed E-state index contributed by atoms with van der Waals surface area (Å²) >= 11 is 0. The Hall–Kier alpha value is -2.94. The number of allylic oxidation sites excluding steroid dienone is 3. The SMILES string of the molecule is Cc1cc(C)c2c(c1)CC(=O)/C=C/CC/C=C/C[C@@H](Cc1ccccc1)OC2=O. The van der Waals surface area contributed by atoms with E-state index < -0.39 is 0 Å². The Labute approximate surface area is 173 Å². The molecule has 1 heterocycles. The van der Waals surface area contributed by atoms with Gasteiger partial charge in [-0.3, -0.25) is 4.79 Å². The van der Waals surface area contributed by atoms with Crippen LogP contribution in [0.3, 0.4) is 0 Å². The van der Waals surface area contributed by atoms with Gasteiger partial charge in [0.25, 0.3) is 0 Å². The van der Waals surface area contributed by atoms with Crippen LogP contribution in [0, 0.1) is 13.8 Å². The van der Waals surface area contributed by atoms with E-state index in [-0.39, 0.29) is 24.3 Å². The monoisotopic (exact) mass is 388 g/mol. The Bertz CT molecular complexity index is 922. The maximum Gasteiger partial charge on any atom is 0.338 e. The molecule has 0 saturated heterocycles. The molecule has 0 aliphatic carbocycles. The molecule has 3 nitrogen and oxygen atoms in total. The molecule has 0 amide bonds. The van der Waals surface area contributed by atoms with E-state index in [0.29, 0.717) is 18.4 Å². The Balaban J connectivity index is 1.93. The first-order valence-corrected chi connectivity index (χ1v) is 10.2. The van der Waals surface area contributed by atoms with E-state index in [9.17, 15) is 9.59 Å². The van der Waals surface area contributed by atoms with Gasteiger partial charge in [0.15, 0.2) is 5.78 Å². The number of fused-ring (bicyclic) bond motifs is 1. The molecule has 2 aromatic rings. The Morgan fingerprint density at radius 2 is 1.72 bits per heavy atom. The first kappa shape index (κ1) is 20.8. The molecule has 3 heteroatoms. The number of carbonyl (C=O) groups is 2. The number of cyclic esters (lactones) is 1. The summed E-state index contributed by atoms with van der Waals surface area (Å²) in [4.78, 5) is 25.5. The molecule has 0 fully saturated rings. The summed E-state index contributed by atoms with van der Waals surface area (Å²) in [6.07, 6.45) is 10.7. The standard InChI is InChI=1S/C26H28O3/c1-19-15-20(2)25-22(16-19)18-23(27)13-9-4-3-5-10-14-24(29-26(25)28)17-21-11-7-6-8-12-21/h5-13,15-16,24H,3-4,14,17-18H2,1-2H3/b10-5+,13-9+/t24-/m0/s1. The van der Waals surface area contributed by atoms with Crippen molar-refractivity contribution in [3.05, 3.63) is 94.6 Å². The van der Waals surface area contributed by atoms with Crippen molar-refractivity contribution in [1.29, 1.82) is 0 Å². The van der Waals surface area contributed by atoms with Crippen LogP contribution in [0.4, 0.5) is 0 Å². The fourth-order valence-corrected chi connectivity index (χ4v) is 3.77. The lowest BCUT2D eigenvalue weighted by Gasteiger charge is -2.19. The summed E-state index contributed by atoms with van der Waals surface area (Å²) in [5, 5.41) is 0. The second kappa shape index (κ2) is 10.0. The Morgan fingerprint density at radius 1 is 0.966 bits per heavy atom. The van der Waals surface area contributed by atoms with Gasteiger partial charge < -0.3 is 4.74 Å². The molecule has 0 spiro atoms. The molecule has 1 aliphatic heterocycles. The van der Waals surface area contributed by atoms with Crippen LogP contribution in [0.1, 0.15) is 51.9 Å². The normalized spacial score (nSPS) is 20.3. The number of ketones is 1. The molecule has 1 aliphatic rings. The van der Waals surface area contributed by atoms with Crippen LogP contribution < -0.4 is 0 Å². The predicted octanol–water partition coefficient (Wildman–Crippen LogP) is 5.48. The van der Waals surface area contributed by atoms with Crippen LogP contribution in [0.25, 0.3) is 0 Å². The largest absolute Gasteiger partial charge is 0.458 e. The summed E-state index contributed by atoms with van der Waals surface area (Å²) < 4.78 is 5.96. The van der Waals surface area contributed by atoms with Crippen molar-refractivity contribution in [3.8, 4) is 0 Å². The van der Waals surface area contributed by atoms with E-state index in [1.807, 2.05) is 50.3 Å².